The van der Waals surface area contributed by atoms with E-state index in [2.05, 4.69) is 5.32 Å². The normalized spacial score (nSPS) is 22.8. The van der Waals surface area contributed by atoms with E-state index >= 15 is 0 Å². The van der Waals surface area contributed by atoms with Gasteiger partial charge >= 0.3 is 0 Å². The van der Waals surface area contributed by atoms with Crippen molar-refractivity contribution in [1.29, 1.82) is 0 Å². The zero-order chi connectivity index (χ0) is 14.7. The molecule has 0 saturated heterocycles. The van der Waals surface area contributed by atoms with Crippen LogP contribution in [0.5, 0.6) is 11.5 Å². The van der Waals surface area contributed by atoms with Gasteiger partial charge in [0.1, 0.15) is 6.61 Å². The van der Waals surface area contributed by atoms with Crippen molar-refractivity contribution in [3.63, 3.8) is 0 Å². The Morgan fingerprint density at radius 3 is 2.71 bits per heavy atom. The highest BCUT2D eigenvalue weighted by Gasteiger charge is 2.35. The Kier molecular flexibility index (Phi) is 4.01. The van der Waals surface area contributed by atoms with Crippen molar-refractivity contribution in [1.82, 2.24) is 5.32 Å². The first-order valence-corrected chi connectivity index (χ1v) is 7.50. The number of hydrogen-bond acceptors (Lipinski definition) is 4. The SMILES string of the molecule is O=C(NCC1(CO)CCCC1)C1COc2ccccc2O1. The Morgan fingerprint density at radius 2 is 2.00 bits per heavy atom. The Hall–Kier alpha value is -1.75. The predicted molar refractivity (Wildman–Crippen MR) is 77.3 cm³/mol. The molecule has 3 rings (SSSR count). The van der Waals surface area contributed by atoms with Crippen LogP contribution < -0.4 is 14.8 Å². The van der Waals surface area contributed by atoms with Gasteiger partial charge in [0, 0.05) is 12.0 Å². The molecular formula is C16H21NO4. The highest BCUT2D eigenvalue weighted by atomic mass is 16.6. The van der Waals surface area contributed by atoms with Crippen LogP contribution in [0.1, 0.15) is 25.7 Å². The molecule has 21 heavy (non-hydrogen) atoms. The number of rotatable bonds is 4. The molecule has 5 heteroatoms. The summed E-state index contributed by atoms with van der Waals surface area (Å²) in [5.74, 6) is 1.09. The summed E-state index contributed by atoms with van der Waals surface area (Å²) in [6, 6.07) is 7.33. The third kappa shape index (κ3) is 2.97. The second-order valence-electron chi connectivity index (χ2n) is 5.95. The Morgan fingerprint density at radius 1 is 1.29 bits per heavy atom. The van der Waals surface area contributed by atoms with Crippen LogP contribution in [0.2, 0.25) is 0 Å². The maximum atomic E-state index is 12.2. The second kappa shape index (κ2) is 5.93. The predicted octanol–water partition coefficient (Wildman–Crippen LogP) is 1.50. The minimum Gasteiger partial charge on any atom is -0.485 e. The first kappa shape index (κ1) is 14.2. The fourth-order valence-corrected chi connectivity index (χ4v) is 3.05. The van der Waals surface area contributed by atoms with E-state index in [1.54, 1.807) is 6.07 Å². The van der Waals surface area contributed by atoms with Crippen molar-refractivity contribution in [2.45, 2.75) is 31.8 Å². The van der Waals surface area contributed by atoms with Gasteiger partial charge in [0.05, 0.1) is 6.61 Å². The van der Waals surface area contributed by atoms with Crippen LogP contribution in [-0.4, -0.2) is 36.9 Å². The number of para-hydroxylation sites is 2. The minimum atomic E-state index is -0.628. The van der Waals surface area contributed by atoms with Crippen LogP contribution in [0, 0.1) is 5.41 Å². The summed E-state index contributed by atoms with van der Waals surface area (Å²) < 4.78 is 11.2. The van der Waals surface area contributed by atoms with Crippen LogP contribution in [0.15, 0.2) is 24.3 Å². The molecule has 5 nitrogen and oxygen atoms in total. The summed E-state index contributed by atoms with van der Waals surface area (Å²) in [6.07, 6.45) is 3.54. The summed E-state index contributed by atoms with van der Waals surface area (Å²) in [5.41, 5.74) is -0.150. The first-order valence-electron chi connectivity index (χ1n) is 7.50. The summed E-state index contributed by atoms with van der Waals surface area (Å²) in [4.78, 5) is 12.2. The van der Waals surface area contributed by atoms with Gasteiger partial charge in [0.2, 0.25) is 6.10 Å². The van der Waals surface area contributed by atoms with Crippen LogP contribution in [0.3, 0.4) is 0 Å². The van der Waals surface area contributed by atoms with E-state index < -0.39 is 6.10 Å². The van der Waals surface area contributed by atoms with Crippen molar-refractivity contribution in [2.75, 3.05) is 19.8 Å². The number of aliphatic hydroxyl groups excluding tert-OH is 1. The largest absolute Gasteiger partial charge is 0.485 e. The number of carbonyl (C=O) groups is 1. The average Bonchev–Trinajstić information content (AvgIpc) is 3.01. The molecule has 1 amide bonds. The molecule has 0 bridgehead atoms. The summed E-state index contributed by atoms with van der Waals surface area (Å²) in [6.45, 7) is 0.844. The molecular weight excluding hydrogens is 270 g/mol. The van der Waals surface area contributed by atoms with Crippen molar-refractivity contribution < 1.29 is 19.4 Å². The third-order valence-electron chi connectivity index (χ3n) is 4.44. The van der Waals surface area contributed by atoms with E-state index in [0.29, 0.717) is 18.0 Å². The van der Waals surface area contributed by atoms with Gasteiger partial charge in [-0.25, -0.2) is 0 Å². The quantitative estimate of drug-likeness (QED) is 0.882. The topological polar surface area (TPSA) is 67.8 Å². The first-order chi connectivity index (χ1) is 10.2. The maximum absolute atomic E-state index is 12.2. The summed E-state index contributed by atoms with van der Waals surface area (Å²) >= 11 is 0. The van der Waals surface area contributed by atoms with Gasteiger partial charge in [0.25, 0.3) is 5.91 Å². The number of ether oxygens (including phenoxy) is 2. The molecule has 1 aromatic rings. The smallest absolute Gasteiger partial charge is 0.264 e. The van der Waals surface area contributed by atoms with Gasteiger partial charge in [-0.15, -0.1) is 0 Å². The average molecular weight is 291 g/mol. The van der Waals surface area contributed by atoms with Gasteiger partial charge in [-0.1, -0.05) is 25.0 Å². The van der Waals surface area contributed by atoms with Crippen molar-refractivity contribution in [2.24, 2.45) is 5.41 Å². The van der Waals surface area contributed by atoms with E-state index in [1.807, 2.05) is 18.2 Å². The maximum Gasteiger partial charge on any atom is 0.264 e. The lowest BCUT2D eigenvalue weighted by molar-refractivity contribution is -0.131. The molecule has 1 aliphatic carbocycles. The van der Waals surface area contributed by atoms with Crippen molar-refractivity contribution >= 4 is 5.91 Å². The lowest BCUT2D eigenvalue weighted by Gasteiger charge is -2.29. The van der Waals surface area contributed by atoms with E-state index in [9.17, 15) is 9.90 Å². The fraction of sp³-hybridized carbons (Fsp3) is 0.562. The molecule has 2 N–H and O–H groups in total. The number of nitrogens with one attached hydrogen (secondary N) is 1. The van der Waals surface area contributed by atoms with Gasteiger partial charge in [-0.2, -0.15) is 0 Å². The number of carbonyl (C=O) groups excluding carboxylic acids is 1. The highest BCUT2D eigenvalue weighted by Crippen LogP contribution is 2.37. The van der Waals surface area contributed by atoms with Gasteiger partial charge in [-0.05, 0) is 25.0 Å². The monoisotopic (exact) mass is 291 g/mol. The molecule has 0 radical (unpaired) electrons. The number of fused-ring (bicyclic) bond motifs is 1. The van der Waals surface area contributed by atoms with Crippen LogP contribution in [0.25, 0.3) is 0 Å². The van der Waals surface area contributed by atoms with Gasteiger partial charge in [0.15, 0.2) is 11.5 Å². The number of hydrogen-bond donors (Lipinski definition) is 2. The zero-order valence-electron chi connectivity index (χ0n) is 12.0. The molecule has 1 aliphatic heterocycles. The lowest BCUT2D eigenvalue weighted by atomic mass is 9.87. The van der Waals surface area contributed by atoms with Crippen LogP contribution in [0.4, 0.5) is 0 Å². The molecule has 1 aromatic carbocycles. The lowest BCUT2D eigenvalue weighted by Crippen LogP contribution is -2.47. The second-order valence-corrected chi connectivity index (χ2v) is 5.95. The summed E-state index contributed by atoms with van der Waals surface area (Å²) in [5, 5.41) is 12.5. The molecule has 1 unspecified atom stereocenters. The summed E-state index contributed by atoms with van der Waals surface area (Å²) in [7, 11) is 0. The van der Waals surface area contributed by atoms with E-state index in [0.717, 1.165) is 25.7 Å². The van der Waals surface area contributed by atoms with E-state index in [-0.39, 0.29) is 24.5 Å². The van der Waals surface area contributed by atoms with E-state index in [1.165, 1.54) is 0 Å². The van der Waals surface area contributed by atoms with Gasteiger partial charge < -0.3 is 19.9 Å². The molecule has 0 spiro atoms. The number of amides is 1. The Balaban J connectivity index is 1.57. The Labute approximate surface area is 124 Å². The number of aliphatic hydroxyl groups is 1. The van der Waals surface area contributed by atoms with Gasteiger partial charge in [-0.3, -0.25) is 4.79 Å². The van der Waals surface area contributed by atoms with Crippen molar-refractivity contribution in [3.05, 3.63) is 24.3 Å². The molecule has 0 aromatic heterocycles. The van der Waals surface area contributed by atoms with Crippen LogP contribution in [-0.2, 0) is 4.79 Å². The molecule has 1 atom stereocenters. The fourth-order valence-electron chi connectivity index (χ4n) is 3.05. The zero-order valence-corrected chi connectivity index (χ0v) is 12.0. The van der Waals surface area contributed by atoms with E-state index in [4.69, 9.17) is 9.47 Å². The van der Waals surface area contributed by atoms with Crippen LogP contribution >= 0.6 is 0 Å². The molecule has 1 heterocycles. The molecule has 1 fully saturated rings. The highest BCUT2D eigenvalue weighted by molar-refractivity contribution is 5.81. The van der Waals surface area contributed by atoms with Crippen molar-refractivity contribution in [3.8, 4) is 11.5 Å². The Bertz CT molecular complexity index is 511. The minimum absolute atomic E-state index is 0.123. The molecule has 114 valence electrons. The standard InChI is InChI=1S/C16H21NO4/c18-11-16(7-3-4-8-16)10-17-15(19)14-9-20-12-5-1-2-6-13(12)21-14/h1-2,5-6,14,18H,3-4,7-11H2,(H,17,19). The number of benzene rings is 1. The third-order valence-corrected chi connectivity index (χ3v) is 4.44. The molecule has 1 saturated carbocycles. The molecule has 2 aliphatic rings.